The van der Waals surface area contributed by atoms with E-state index in [2.05, 4.69) is 20.8 Å². The van der Waals surface area contributed by atoms with Crippen molar-refractivity contribution in [3.63, 3.8) is 0 Å². The van der Waals surface area contributed by atoms with E-state index in [1.807, 2.05) is 17.0 Å². The summed E-state index contributed by atoms with van der Waals surface area (Å²) in [7, 11) is 1.60. The average molecular weight is 371 g/mol. The zero-order chi connectivity index (χ0) is 17.7. The molecule has 5 nitrogen and oxygen atoms in total. The van der Waals surface area contributed by atoms with Gasteiger partial charge in [0.15, 0.2) is 11.5 Å². The Balaban J connectivity index is 0.00000312. The fourth-order valence-corrected chi connectivity index (χ4v) is 2.98. The molecule has 1 aromatic carbocycles. The van der Waals surface area contributed by atoms with Gasteiger partial charge in [0.2, 0.25) is 0 Å². The molecule has 0 aliphatic carbocycles. The van der Waals surface area contributed by atoms with Crippen LogP contribution in [0, 0.1) is 5.41 Å². The molecule has 1 saturated heterocycles. The van der Waals surface area contributed by atoms with Gasteiger partial charge in [-0.3, -0.25) is 4.79 Å². The normalized spacial score (nSPS) is 19.1. The molecule has 2 rings (SSSR count). The van der Waals surface area contributed by atoms with Gasteiger partial charge in [-0.2, -0.15) is 0 Å². The summed E-state index contributed by atoms with van der Waals surface area (Å²) in [6.07, 6.45) is 2.90. The summed E-state index contributed by atoms with van der Waals surface area (Å²) in [5, 5.41) is 0. The molecule has 0 saturated carbocycles. The highest BCUT2D eigenvalue weighted by molar-refractivity contribution is 5.95. The van der Waals surface area contributed by atoms with Gasteiger partial charge in [-0.1, -0.05) is 27.2 Å². The second-order valence-corrected chi connectivity index (χ2v) is 7.18. The molecule has 1 amide bonds. The number of rotatable bonds is 6. The molecule has 1 aliphatic heterocycles. The highest BCUT2D eigenvalue weighted by Crippen LogP contribution is 2.31. The van der Waals surface area contributed by atoms with Gasteiger partial charge in [-0.25, -0.2) is 0 Å². The van der Waals surface area contributed by atoms with E-state index < -0.39 is 0 Å². The maximum atomic E-state index is 12.8. The fraction of sp³-hybridized carbons (Fsp3) is 0.632. The van der Waals surface area contributed by atoms with Crippen LogP contribution in [-0.2, 0) is 0 Å². The monoisotopic (exact) mass is 370 g/mol. The van der Waals surface area contributed by atoms with Crippen molar-refractivity contribution in [2.45, 2.75) is 46.1 Å². The third-order valence-corrected chi connectivity index (χ3v) is 4.77. The van der Waals surface area contributed by atoms with Crippen molar-refractivity contribution in [3.05, 3.63) is 23.8 Å². The van der Waals surface area contributed by atoms with Crippen LogP contribution in [0.1, 0.15) is 50.4 Å². The molecule has 1 fully saturated rings. The van der Waals surface area contributed by atoms with Crippen molar-refractivity contribution >= 4 is 18.3 Å². The molecule has 1 atom stereocenters. The number of piperidine rings is 1. The fourth-order valence-electron chi connectivity index (χ4n) is 2.98. The van der Waals surface area contributed by atoms with Crippen molar-refractivity contribution < 1.29 is 14.3 Å². The Morgan fingerprint density at radius 1 is 1.36 bits per heavy atom. The van der Waals surface area contributed by atoms with E-state index in [1.54, 1.807) is 13.2 Å². The molecule has 1 aliphatic rings. The molecule has 1 aromatic rings. The second kappa shape index (κ2) is 9.30. The van der Waals surface area contributed by atoms with Crippen LogP contribution in [0.5, 0.6) is 11.5 Å². The lowest BCUT2D eigenvalue weighted by atomic mass is 9.79. The lowest BCUT2D eigenvalue weighted by Crippen LogP contribution is -2.53. The van der Waals surface area contributed by atoms with E-state index in [0.717, 1.165) is 19.3 Å². The summed E-state index contributed by atoms with van der Waals surface area (Å²) in [6.45, 7) is 8.36. The predicted molar refractivity (Wildman–Crippen MR) is 103 cm³/mol. The van der Waals surface area contributed by atoms with Gasteiger partial charge in [0.1, 0.15) is 0 Å². The van der Waals surface area contributed by atoms with E-state index in [0.29, 0.717) is 36.8 Å². The van der Waals surface area contributed by atoms with E-state index in [-0.39, 0.29) is 29.8 Å². The molecule has 142 valence electrons. The van der Waals surface area contributed by atoms with E-state index in [4.69, 9.17) is 15.2 Å². The van der Waals surface area contributed by atoms with Gasteiger partial charge >= 0.3 is 0 Å². The maximum Gasteiger partial charge on any atom is 0.254 e. The summed E-state index contributed by atoms with van der Waals surface area (Å²) >= 11 is 0. The Morgan fingerprint density at radius 2 is 2.08 bits per heavy atom. The number of ether oxygens (including phenoxy) is 2. The molecular weight excluding hydrogens is 340 g/mol. The number of nitrogens with two attached hydrogens (primary N) is 1. The first kappa shape index (κ1) is 21.6. The number of hydrogen-bond donors (Lipinski definition) is 1. The van der Waals surface area contributed by atoms with Gasteiger partial charge < -0.3 is 20.1 Å². The van der Waals surface area contributed by atoms with E-state index in [9.17, 15) is 4.79 Å². The molecule has 25 heavy (non-hydrogen) atoms. The molecule has 6 heteroatoms. The number of amides is 1. The first-order valence-corrected chi connectivity index (χ1v) is 8.74. The first-order valence-electron chi connectivity index (χ1n) is 8.74. The van der Waals surface area contributed by atoms with Crippen molar-refractivity contribution in [2.75, 3.05) is 26.8 Å². The summed E-state index contributed by atoms with van der Waals surface area (Å²) in [5.41, 5.74) is 6.72. The average Bonchev–Trinajstić information content (AvgIpc) is 2.57. The number of likely N-dealkylation sites (tertiary alicyclic amines) is 1. The second-order valence-electron chi connectivity index (χ2n) is 7.18. The molecule has 0 aromatic heterocycles. The summed E-state index contributed by atoms with van der Waals surface area (Å²) in [6, 6.07) is 5.53. The topological polar surface area (TPSA) is 64.8 Å². The third kappa shape index (κ3) is 5.25. The Morgan fingerprint density at radius 3 is 2.68 bits per heavy atom. The van der Waals surface area contributed by atoms with Crippen LogP contribution in [0.3, 0.4) is 0 Å². The van der Waals surface area contributed by atoms with Gasteiger partial charge in [0.25, 0.3) is 5.91 Å². The van der Waals surface area contributed by atoms with Crippen LogP contribution in [0.2, 0.25) is 0 Å². The summed E-state index contributed by atoms with van der Waals surface area (Å²) < 4.78 is 11.1. The predicted octanol–water partition coefficient (Wildman–Crippen LogP) is 3.50. The lowest BCUT2D eigenvalue weighted by Gasteiger charge is -2.42. The van der Waals surface area contributed by atoms with Crippen molar-refractivity contribution in [1.82, 2.24) is 4.90 Å². The molecule has 0 radical (unpaired) electrons. The number of nitrogens with zero attached hydrogens (tertiary/aromatic N) is 1. The number of benzene rings is 1. The highest BCUT2D eigenvalue weighted by atomic mass is 35.5. The minimum absolute atomic E-state index is 0. The lowest BCUT2D eigenvalue weighted by molar-refractivity contribution is 0.0532. The van der Waals surface area contributed by atoms with Gasteiger partial charge in [0.05, 0.1) is 13.7 Å². The Kier molecular flexibility index (Phi) is 8.03. The first-order chi connectivity index (χ1) is 11.4. The van der Waals surface area contributed by atoms with Crippen molar-refractivity contribution in [3.8, 4) is 11.5 Å². The number of methoxy groups -OCH3 is 1. The molecular formula is C19H31ClN2O3. The van der Waals surface area contributed by atoms with E-state index in [1.165, 1.54) is 0 Å². The zero-order valence-electron chi connectivity index (χ0n) is 15.7. The number of unbranched alkanes of at least 4 members (excludes halogenated alkanes) is 1. The highest BCUT2D eigenvalue weighted by Gasteiger charge is 2.35. The van der Waals surface area contributed by atoms with Crippen LogP contribution >= 0.6 is 12.4 Å². The minimum Gasteiger partial charge on any atom is -0.493 e. The molecule has 2 N–H and O–H groups in total. The molecule has 1 unspecified atom stereocenters. The Labute approximate surface area is 157 Å². The Bertz CT molecular complexity index is 578. The smallest absolute Gasteiger partial charge is 0.254 e. The van der Waals surface area contributed by atoms with Crippen LogP contribution in [0.15, 0.2) is 18.2 Å². The third-order valence-electron chi connectivity index (χ3n) is 4.77. The Hall–Kier alpha value is -1.46. The van der Waals surface area contributed by atoms with Crippen molar-refractivity contribution in [2.24, 2.45) is 11.1 Å². The van der Waals surface area contributed by atoms with Crippen LogP contribution in [0.4, 0.5) is 0 Å². The van der Waals surface area contributed by atoms with Crippen LogP contribution < -0.4 is 15.2 Å². The zero-order valence-corrected chi connectivity index (χ0v) is 16.5. The number of carbonyl (C=O) groups excluding carboxylic acids is 1. The van der Waals surface area contributed by atoms with Gasteiger partial charge in [0, 0.05) is 24.7 Å². The standard InChI is InChI=1S/C19H30N2O3.ClH/c1-5-6-11-24-15-8-7-14(12-16(15)23-4)18(22)21-10-9-17(20)19(2,3)13-21;/h7-8,12,17H,5-6,9-11,13,20H2,1-4H3;1H. The number of halogens is 1. The SMILES string of the molecule is CCCCOc1ccc(C(=O)N2CCC(N)C(C)(C)C2)cc1OC.Cl. The molecule has 0 spiro atoms. The quantitative estimate of drug-likeness (QED) is 0.778. The van der Waals surface area contributed by atoms with Crippen molar-refractivity contribution in [1.29, 1.82) is 0 Å². The molecule has 0 bridgehead atoms. The largest absolute Gasteiger partial charge is 0.493 e. The number of carbonyl (C=O) groups is 1. The molecule has 1 heterocycles. The van der Waals surface area contributed by atoms with Crippen LogP contribution in [0.25, 0.3) is 0 Å². The van der Waals surface area contributed by atoms with Gasteiger partial charge in [-0.15, -0.1) is 12.4 Å². The number of hydrogen-bond acceptors (Lipinski definition) is 4. The van der Waals surface area contributed by atoms with E-state index >= 15 is 0 Å². The minimum atomic E-state index is -0.0683. The van der Waals surface area contributed by atoms with Gasteiger partial charge in [-0.05, 0) is 36.5 Å². The summed E-state index contributed by atoms with van der Waals surface area (Å²) in [4.78, 5) is 14.7. The summed E-state index contributed by atoms with van der Waals surface area (Å²) in [5.74, 6) is 1.31. The maximum absolute atomic E-state index is 12.8. The van der Waals surface area contributed by atoms with Crippen LogP contribution in [-0.4, -0.2) is 43.7 Å².